The molecule has 13 heteroatoms. The fourth-order valence-corrected chi connectivity index (χ4v) is 11.1. The topological polar surface area (TPSA) is 156 Å². The molecule has 80 heavy (non-hydrogen) atoms. The van der Waals surface area contributed by atoms with Crippen LogP contribution in [0.1, 0.15) is 233 Å². The van der Waals surface area contributed by atoms with Crippen LogP contribution in [0.5, 0.6) is 0 Å². The summed E-state index contributed by atoms with van der Waals surface area (Å²) in [6.07, 6.45) is 26.3. The Morgan fingerprint density at radius 1 is 0.575 bits per heavy atom. The van der Waals surface area contributed by atoms with Gasteiger partial charge in [0.15, 0.2) is 26.8 Å². The number of carbonyl (C=O) groups is 4. The fourth-order valence-electron chi connectivity index (χ4n) is 9.79. The number of unbranched alkanes of at least 4 members (excludes halogenated alkanes) is 23. The van der Waals surface area contributed by atoms with Gasteiger partial charge in [-0.25, -0.2) is 14.4 Å². The van der Waals surface area contributed by atoms with Gasteiger partial charge in [0.2, 0.25) is 5.91 Å². The average molecular weight is 1130 g/mol. The van der Waals surface area contributed by atoms with Gasteiger partial charge in [-0.3, -0.25) is 4.79 Å². The molecule has 1 fully saturated rings. The van der Waals surface area contributed by atoms with Gasteiger partial charge in [0, 0.05) is 6.42 Å². The lowest BCUT2D eigenvalue weighted by Gasteiger charge is -2.49. The summed E-state index contributed by atoms with van der Waals surface area (Å²) < 4.78 is 39.5. The molecule has 3 aromatic carbocycles. The average Bonchev–Trinajstić information content (AvgIpc) is 3.60. The van der Waals surface area contributed by atoms with Crippen LogP contribution >= 0.6 is 0 Å². The Kier molecular flexibility index (Phi) is 33.0. The van der Waals surface area contributed by atoms with Crippen molar-refractivity contribution in [3.05, 3.63) is 120 Å². The molecule has 0 unspecified atom stereocenters. The van der Waals surface area contributed by atoms with E-state index in [4.69, 9.17) is 28.1 Å². The lowest BCUT2D eigenvalue weighted by molar-refractivity contribution is -0.297. The molecule has 0 radical (unpaired) electrons. The van der Waals surface area contributed by atoms with Crippen molar-refractivity contribution < 1.29 is 52.4 Å². The maximum atomic E-state index is 14.2. The van der Waals surface area contributed by atoms with E-state index in [1.54, 1.807) is 84.9 Å². The smallest absolute Gasteiger partial charge is 0.338 e. The minimum Gasteiger partial charge on any atom is -0.452 e. The van der Waals surface area contributed by atoms with Crippen molar-refractivity contribution in [2.75, 3.05) is 13.2 Å². The van der Waals surface area contributed by atoms with Crippen molar-refractivity contribution in [3.8, 4) is 0 Å². The van der Waals surface area contributed by atoms with Crippen LogP contribution in [0.25, 0.3) is 0 Å². The summed E-state index contributed by atoms with van der Waals surface area (Å²) in [6.45, 7) is 13.9. The van der Waals surface area contributed by atoms with Crippen molar-refractivity contribution in [1.82, 2.24) is 5.32 Å². The van der Waals surface area contributed by atoms with Gasteiger partial charge in [0.1, 0.15) is 18.3 Å². The first-order valence-corrected chi connectivity index (χ1v) is 33.9. The third-order valence-corrected chi connectivity index (χ3v) is 20.2. The van der Waals surface area contributed by atoms with E-state index < -0.39 is 75.7 Å². The largest absolute Gasteiger partial charge is 0.452 e. The maximum absolute atomic E-state index is 14.2. The first kappa shape index (κ1) is 67.8. The van der Waals surface area contributed by atoms with Gasteiger partial charge < -0.3 is 38.5 Å². The van der Waals surface area contributed by atoms with E-state index in [1.807, 2.05) is 31.3 Å². The molecule has 0 spiro atoms. The lowest BCUT2D eigenvalue weighted by atomic mass is 9.98. The Morgan fingerprint density at radius 2 is 0.988 bits per heavy atom. The fraction of sp³-hybridized carbons (Fsp3) is 0.642. The zero-order chi connectivity index (χ0) is 57.9. The molecule has 0 saturated carbocycles. The van der Waals surface area contributed by atoms with E-state index in [2.05, 4.69) is 39.9 Å². The zero-order valence-corrected chi connectivity index (χ0v) is 51.2. The number of benzene rings is 3. The third-order valence-electron chi connectivity index (χ3n) is 15.8. The van der Waals surface area contributed by atoms with Crippen LogP contribution in [0.4, 0.5) is 0 Å². The van der Waals surface area contributed by atoms with Crippen LogP contribution in [-0.2, 0) is 32.9 Å². The summed E-state index contributed by atoms with van der Waals surface area (Å²) in [5.74, 6) is -2.18. The maximum Gasteiger partial charge on any atom is 0.338 e. The van der Waals surface area contributed by atoms with Crippen molar-refractivity contribution in [3.63, 3.8) is 0 Å². The van der Waals surface area contributed by atoms with E-state index in [9.17, 15) is 24.3 Å². The molecule has 1 heterocycles. The molecule has 0 aromatic heterocycles. The predicted octanol–water partition coefficient (Wildman–Crippen LogP) is 16.0. The Morgan fingerprint density at radius 3 is 1.43 bits per heavy atom. The summed E-state index contributed by atoms with van der Waals surface area (Å²) in [7, 11) is -2.82. The van der Waals surface area contributed by atoms with Gasteiger partial charge in [0.05, 0.1) is 35.9 Å². The molecule has 446 valence electrons. The van der Waals surface area contributed by atoms with Gasteiger partial charge in [-0.15, -0.1) is 0 Å². The van der Waals surface area contributed by atoms with Crippen molar-refractivity contribution in [2.24, 2.45) is 0 Å². The highest BCUT2D eigenvalue weighted by Gasteiger charge is 2.55. The number of hydrogen-bond acceptors (Lipinski definition) is 11. The number of nitrogens with one attached hydrogen (secondary N) is 1. The molecule has 12 nitrogen and oxygen atoms in total. The standard InChI is InChI=1S/C67H103NO11Si/c1-8-10-12-14-16-18-20-22-24-26-28-30-41-49-57(75-63(71)53-43-35-32-36-44-53)56(68-59(70)50-42-31-29-27-25-23-21-19-17-15-13-11-9-2)52-74-66-62(79-80(6,7)67(3,4)5)61(78-65(73)55-47-39-34-40-48-55)60(58(51-69)76-66)77-64(72)54-45-37-33-38-46-54/h32-41,43-49,56-58,60-62,66,69H,8-31,42,50-52H2,1-7H3,(H,68,70)/t56-,57+,58+,60+,61-,62-,66-/m0/s1. The van der Waals surface area contributed by atoms with Crippen LogP contribution in [-0.4, -0.2) is 93.3 Å². The number of aliphatic hydroxyl groups excluding tert-OH is 1. The summed E-state index contributed by atoms with van der Waals surface area (Å²) >= 11 is 0. The lowest BCUT2D eigenvalue weighted by Crippen LogP contribution is -2.65. The van der Waals surface area contributed by atoms with Gasteiger partial charge in [-0.05, 0) is 79.9 Å². The molecule has 3 aromatic rings. The Hall–Kier alpha value is -4.66. The van der Waals surface area contributed by atoms with Crippen LogP contribution in [0.3, 0.4) is 0 Å². The Labute approximate surface area is 483 Å². The number of allylic oxidation sites excluding steroid dienone is 1. The minimum atomic E-state index is -2.82. The van der Waals surface area contributed by atoms with E-state index in [0.717, 1.165) is 44.9 Å². The highest BCUT2D eigenvalue weighted by Crippen LogP contribution is 2.41. The van der Waals surface area contributed by atoms with Gasteiger partial charge in [-0.1, -0.05) is 237 Å². The highest BCUT2D eigenvalue weighted by atomic mass is 28.4. The van der Waals surface area contributed by atoms with Crippen molar-refractivity contribution in [1.29, 1.82) is 0 Å². The molecule has 0 bridgehead atoms. The minimum absolute atomic E-state index is 0.212. The van der Waals surface area contributed by atoms with Crippen molar-refractivity contribution >= 4 is 32.1 Å². The first-order chi connectivity index (χ1) is 38.7. The molecule has 1 saturated heterocycles. The second kappa shape index (κ2) is 38.9. The first-order valence-electron chi connectivity index (χ1n) is 31.0. The SMILES string of the molecule is CCCCCCCCCCCCCC=C[C@@H](OC(=O)c1ccccc1)[C@H](CO[C@H]1O[C@H](CO)[C@@H](OC(=O)c2ccccc2)[C@H](OC(=O)c2ccccc2)[C@@H]1O[Si](C)(C)C(C)(C)C)NC(=O)CCCCCCCCCCCCCCC. The van der Waals surface area contributed by atoms with Crippen molar-refractivity contribution in [2.45, 2.75) is 263 Å². The number of rotatable bonds is 41. The molecular formula is C67H103NO11Si. The number of esters is 3. The molecule has 7 atom stereocenters. The van der Waals surface area contributed by atoms with E-state index in [-0.39, 0.29) is 35.1 Å². The highest BCUT2D eigenvalue weighted by molar-refractivity contribution is 6.74. The Bertz CT molecular complexity index is 2170. The summed E-state index contributed by atoms with van der Waals surface area (Å²) in [5, 5.41) is 13.9. The second-order valence-electron chi connectivity index (χ2n) is 23.5. The van der Waals surface area contributed by atoms with Crippen LogP contribution < -0.4 is 5.32 Å². The monoisotopic (exact) mass is 1130 g/mol. The molecule has 4 rings (SSSR count). The number of carbonyl (C=O) groups excluding carboxylic acids is 4. The molecular weight excluding hydrogens is 1020 g/mol. The number of ether oxygens (including phenoxy) is 5. The zero-order valence-electron chi connectivity index (χ0n) is 50.2. The van der Waals surface area contributed by atoms with E-state index in [1.165, 1.54) is 109 Å². The number of hydrogen-bond donors (Lipinski definition) is 2. The van der Waals surface area contributed by atoms with Gasteiger partial charge in [-0.2, -0.15) is 0 Å². The summed E-state index contributed by atoms with van der Waals surface area (Å²) in [5.41, 5.74) is 0.866. The quantitative estimate of drug-likeness (QED) is 0.0183. The van der Waals surface area contributed by atoms with Gasteiger partial charge >= 0.3 is 17.9 Å². The van der Waals surface area contributed by atoms with Crippen LogP contribution in [0.15, 0.2) is 103 Å². The second-order valence-corrected chi connectivity index (χ2v) is 28.3. The molecule has 1 aliphatic rings. The number of aliphatic hydroxyl groups is 1. The van der Waals surface area contributed by atoms with Gasteiger partial charge in [0.25, 0.3) is 0 Å². The third kappa shape index (κ3) is 25.6. The van der Waals surface area contributed by atoms with E-state index in [0.29, 0.717) is 12.0 Å². The summed E-state index contributed by atoms with van der Waals surface area (Å²) in [6, 6.07) is 24.8. The molecule has 1 amide bonds. The number of amides is 1. The Balaban J connectivity index is 1.63. The molecule has 2 N–H and O–H groups in total. The van der Waals surface area contributed by atoms with Crippen LogP contribution in [0, 0.1) is 0 Å². The summed E-state index contributed by atoms with van der Waals surface area (Å²) in [4.78, 5) is 56.2. The normalized spacial score (nSPS) is 18.4. The van der Waals surface area contributed by atoms with Crippen LogP contribution in [0.2, 0.25) is 18.1 Å². The van der Waals surface area contributed by atoms with E-state index >= 15 is 0 Å². The predicted molar refractivity (Wildman–Crippen MR) is 323 cm³/mol. The molecule has 0 aliphatic carbocycles. The molecule has 1 aliphatic heterocycles.